The number of hydrogen-bond donors (Lipinski definition) is 1. The van der Waals surface area contributed by atoms with Crippen LogP contribution in [0.25, 0.3) is 0 Å². The molecule has 5 heteroatoms. The monoisotopic (exact) mass is 238 g/mol. The molecule has 1 atom stereocenters. The van der Waals surface area contributed by atoms with Gasteiger partial charge in [-0.1, -0.05) is 0 Å². The summed E-state index contributed by atoms with van der Waals surface area (Å²) in [5.41, 5.74) is 0. The Bertz CT molecular complexity index is 345. The molecule has 4 nitrogen and oxygen atoms in total. The number of anilines is 1. The van der Waals surface area contributed by atoms with E-state index < -0.39 is 0 Å². The van der Waals surface area contributed by atoms with Gasteiger partial charge in [-0.25, -0.2) is 9.97 Å². The fraction of sp³-hybridized carbons (Fsp3) is 0.636. The van der Waals surface area contributed by atoms with Crippen molar-refractivity contribution in [3.05, 3.63) is 12.4 Å². The summed E-state index contributed by atoms with van der Waals surface area (Å²) in [5.74, 6) is 1.05. The first kappa shape index (κ1) is 11.7. The molecule has 0 spiro atoms. The second-order valence-electron chi connectivity index (χ2n) is 3.99. The molecule has 0 aliphatic carbocycles. The minimum Gasteiger partial charge on any atom is -0.355 e. The molecular formula is C11H18N4S. The van der Waals surface area contributed by atoms with E-state index in [2.05, 4.69) is 26.3 Å². The van der Waals surface area contributed by atoms with Crippen molar-refractivity contribution in [1.82, 2.24) is 15.3 Å². The van der Waals surface area contributed by atoms with Crippen molar-refractivity contribution in [1.29, 1.82) is 0 Å². The van der Waals surface area contributed by atoms with E-state index in [1.807, 2.05) is 13.3 Å². The highest BCUT2D eigenvalue weighted by atomic mass is 32.2. The van der Waals surface area contributed by atoms with E-state index in [0.29, 0.717) is 6.04 Å². The van der Waals surface area contributed by atoms with Gasteiger partial charge in [-0.3, -0.25) is 0 Å². The summed E-state index contributed by atoms with van der Waals surface area (Å²) in [7, 11) is 2.03. The van der Waals surface area contributed by atoms with Gasteiger partial charge in [0, 0.05) is 25.2 Å². The lowest BCUT2D eigenvalue weighted by Gasteiger charge is -2.33. The zero-order chi connectivity index (χ0) is 11.4. The third kappa shape index (κ3) is 2.65. The fourth-order valence-corrected chi connectivity index (χ4v) is 2.41. The predicted octanol–water partition coefficient (Wildman–Crippen LogP) is 1.39. The summed E-state index contributed by atoms with van der Waals surface area (Å²) in [5, 5.41) is 4.38. The first-order valence-electron chi connectivity index (χ1n) is 5.61. The highest BCUT2D eigenvalue weighted by Gasteiger charge is 2.19. The zero-order valence-electron chi connectivity index (χ0n) is 9.81. The first-order chi connectivity index (χ1) is 7.83. The number of likely N-dealkylation sites (N-methyl/N-ethyl adjacent to an activating group) is 1. The van der Waals surface area contributed by atoms with Crippen molar-refractivity contribution in [3.8, 4) is 0 Å². The van der Waals surface area contributed by atoms with Crippen LogP contribution in [0.4, 0.5) is 5.82 Å². The minimum absolute atomic E-state index is 0.585. The third-order valence-electron chi connectivity index (χ3n) is 2.99. The SMILES string of the molecule is CNC1CCCN(c2cc(SC)ncn2)C1. The van der Waals surface area contributed by atoms with Gasteiger partial charge in [0.15, 0.2) is 0 Å². The number of thioether (sulfide) groups is 1. The Balaban J connectivity index is 2.10. The molecule has 1 unspecified atom stereocenters. The van der Waals surface area contributed by atoms with Crippen LogP contribution in [0.2, 0.25) is 0 Å². The van der Waals surface area contributed by atoms with Crippen LogP contribution in [0.3, 0.4) is 0 Å². The Kier molecular flexibility index (Phi) is 4.01. The van der Waals surface area contributed by atoms with Gasteiger partial charge in [-0.05, 0) is 26.1 Å². The summed E-state index contributed by atoms with van der Waals surface area (Å²) >= 11 is 1.66. The topological polar surface area (TPSA) is 41.0 Å². The standard InChI is InChI=1S/C11H18N4S/c1-12-9-4-3-5-15(7-9)10-6-11(16-2)14-8-13-10/h6,8-9,12H,3-5,7H2,1-2H3. The average molecular weight is 238 g/mol. The maximum absolute atomic E-state index is 4.35. The summed E-state index contributed by atoms with van der Waals surface area (Å²) in [4.78, 5) is 10.9. The molecule has 1 aliphatic heterocycles. The van der Waals surface area contributed by atoms with Gasteiger partial charge in [0.2, 0.25) is 0 Å². The Hall–Kier alpha value is -0.810. The van der Waals surface area contributed by atoms with Crippen LogP contribution in [-0.4, -0.2) is 42.4 Å². The molecule has 0 amide bonds. The Morgan fingerprint density at radius 3 is 3.12 bits per heavy atom. The lowest BCUT2D eigenvalue weighted by Crippen LogP contribution is -2.44. The van der Waals surface area contributed by atoms with Crippen LogP contribution in [0.15, 0.2) is 17.4 Å². The number of rotatable bonds is 3. The van der Waals surface area contributed by atoms with Crippen molar-refractivity contribution in [2.75, 3.05) is 31.3 Å². The van der Waals surface area contributed by atoms with Gasteiger partial charge in [0.1, 0.15) is 17.2 Å². The normalized spacial score (nSPS) is 21.1. The van der Waals surface area contributed by atoms with Gasteiger partial charge < -0.3 is 10.2 Å². The van der Waals surface area contributed by atoms with Crippen LogP contribution in [-0.2, 0) is 0 Å². The Morgan fingerprint density at radius 2 is 2.38 bits per heavy atom. The smallest absolute Gasteiger partial charge is 0.133 e. The molecule has 1 aromatic rings. The lowest BCUT2D eigenvalue weighted by atomic mass is 10.1. The first-order valence-corrected chi connectivity index (χ1v) is 6.84. The number of nitrogens with zero attached hydrogens (tertiary/aromatic N) is 3. The quantitative estimate of drug-likeness (QED) is 0.636. The molecule has 88 valence electrons. The minimum atomic E-state index is 0.585. The third-order valence-corrected chi connectivity index (χ3v) is 3.63. The number of nitrogens with one attached hydrogen (secondary N) is 1. The van der Waals surface area contributed by atoms with Crippen molar-refractivity contribution in [2.24, 2.45) is 0 Å². The van der Waals surface area contributed by atoms with Crippen LogP contribution in [0.5, 0.6) is 0 Å². The lowest BCUT2D eigenvalue weighted by molar-refractivity contribution is 0.447. The largest absolute Gasteiger partial charge is 0.355 e. The summed E-state index contributed by atoms with van der Waals surface area (Å²) in [6, 6.07) is 2.66. The molecule has 0 aromatic carbocycles. The fourth-order valence-electron chi connectivity index (χ4n) is 2.04. The van der Waals surface area contributed by atoms with Crippen molar-refractivity contribution in [3.63, 3.8) is 0 Å². The van der Waals surface area contributed by atoms with Gasteiger partial charge in [0.05, 0.1) is 0 Å². The van der Waals surface area contributed by atoms with E-state index in [0.717, 1.165) is 23.9 Å². The molecule has 2 rings (SSSR count). The molecule has 16 heavy (non-hydrogen) atoms. The molecule has 1 N–H and O–H groups in total. The maximum Gasteiger partial charge on any atom is 0.133 e. The predicted molar refractivity (Wildman–Crippen MR) is 68.1 cm³/mol. The van der Waals surface area contributed by atoms with E-state index in [1.54, 1.807) is 18.1 Å². The summed E-state index contributed by atoms with van der Waals surface area (Å²) < 4.78 is 0. The summed E-state index contributed by atoms with van der Waals surface area (Å²) in [6.07, 6.45) is 6.18. The highest BCUT2D eigenvalue weighted by Crippen LogP contribution is 2.20. The molecule has 1 saturated heterocycles. The molecule has 1 aromatic heterocycles. The zero-order valence-corrected chi connectivity index (χ0v) is 10.6. The van der Waals surface area contributed by atoms with Gasteiger partial charge in [-0.2, -0.15) is 0 Å². The second-order valence-corrected chi connectivity index (χ2v) is 4.82. The van der Waals surface area contributed by atoms with E-state index in [1.165, 1.54) is 12.8 Å². The van der Waals surface area contributed by atoms with Crippen molar-refractivity contribution >= 4 is 17.6 Å². The van der Waals surface area contributed by atoms with E-state index >= 15 is 0 Å². The molecule has 0 saturated carbocycles. The molecule has 0 bridgehead atoms. The van der Waals surface area contributed by atoms with E-state index in [9.17, 15) is 0 Å². The van der Waals surface area contributed by atoms with Crippen molar-refractivity contribution in [2.45, 2.75) is 23.9 Å². The Labute approximate surface area is 101 Å². The maximum atomic E-state index is 4.35. The average Bonchev–Trinajstić information content (AvgIpc) is 2.39. The Morgan fingerprint density at radius 1 is 1.50 bits per heavy atom. The second kappa shape index (κ2) is 5.50. The summed E-state index contributed by atoms with van der Waals surface area (Å²) in [6.45, 7) is 2.14. The molecule has 1 aliphatic rings. The van der Waals surface area contributed by atoms with Crippen molar-refractivity contribution < 1.29 is 0 Å². The van der Waals surface area contributed by atoms with Crippen LogP contribution < -0.4 is 10.2 Å². The van der Waals surface area contributed by atoms with Gasteiger partial charge in [0.25, 0.3) is 0 Å². The van der Waals surface area contributed by atoms with Crippen LogP contribution >= 0.6 is 11.8 Å². The molecule has 2 heterocycles. The van der Waals surface area contributed by atoms with E-state index in [4.69, 9.17) is 0 Å². The van der Waals surface area contributed by atoms with Gasteiger partial charge >= 0.3 is 0 Å². The molecule has 0 radical (unpaired) electrons. The van der Waals surface area contributed by atoms with E-state index in [-0.39, 0.29) is 0 Å². The number of aromatic nitrogens is 2. The number of piperidine rings is 1. The highest BCUT2D eigenvalue weighted by molar-refractivity contribution is 7.98. The molecular weight excluding hydrogens is 220 g/mol. The number of hydrogen-bond acceptors (Lipinski definition) is 5. The van der Waals surface area contributed by atoms with Crippen LogP contribution in [0.1, 0.15) is 12.8 Å². The van der Waals surface area contributed by atoms with Gasteiger partial charge in [-0.15, -0.1) is 11.8 Å². The molecule has 1 fully saturated rings. The van der Waals surface area contributed by atoms with Crippen LogP contribution in [0, 0.1) is 0 Å².